The van der Waals surface area contributed by atoms with Gasteiger partial charge in [-0.15, -0.1) is 0 Å². The second-order valence-corrected chi connectivity index (χ2v) is 12.5. The van der Waals surface area contributed by atoms with Crippen LogP contribution in [-0.4, -0.2) is 37.0 Å². The molecular formula is C39H58N2O6. The number of carbonyl (C=O) groups is 4. The van der Waals surface area contributed by atoms with Gasteiger partial charge in [-0.2, -0.15) is 0 Å². The number of amides is 2. The van der Waals surface area contributed by atoms with Crippen LogP contribution in [0.1, 0.15) is 133 Å². The molecule has 0 saturated carbocycles. The summed E-state index contributed by atoms with van der Waals surface area (Å²) in [5, 5.41) is 5.79. The van der Waals surface area contributed by atoms with E-state index >= 15 is 0 Å². The molecule has 0 spiro atoms. The summed E-state index contributed by atoms with van der Waals surface area (Å²) in [6.45, 7) is 7.55. The van der Waals surface area contributed by atoms with E-state index in [0.717, 1.165) is 48.2 Å². The van der Waals surface area contributed by atoms with Crippen molar-refractivity contribution in [2.45, 2.75) is 137 Å². The molecule has 2 N–H and O–H groups in total. The molecule has 47 heavy (non-hydrogen) atoms. The van der Waals surface area contributed by atoms with E-state index < -0.39 is 18.4 Å². The van der Waals surface area contributed by atoms with Crippen LogP contribution >= 0.6 is 0 Å². The van der Waals surface area contributed by atoms with Crippen LogP contribution in [-0.2, 0) is 54.3 Å². The van der Waals surface area contributed by atoms with Crippen LogP contribution in [0.15, 0.2) is 36.4 Å². The lowest BCUT2D eigenvalue weighted by Gasteiger charge is -2.13. The summed E-state index contributed by atoms with van der Waals surface area (Å²) in [5.41, 5.74) is 5.53. The summed E-state index contributed by atoms with van der Waals surface area (Å²) in [6, 6.07) is 12.1. The van der Waals surface area contributed by atoms with Gasteiger partial charge in [0.05, 0.1) is 13.2 Å². The van der Waals surface area contributed by atoms with E-state index in [0.29, 0.717) is 12.8 Å². The summed E-state index contributed by atoms with van der Waals surface area (Å²) in [5.74, 6) is -1.63. The van der Waals surface area contributed by atoms with Gasteiger partial charge >= 0.3 is 11.9 Å². The first-order chi connectivity index (χ1) is 22.7. The third-order valence-corrected chi connectivity index (χ3v) is 8.17. The number of aryl methyl sites for hydroxylation is 2. The number of ether oxygens (including phenoxy) is 2. The van der Waals surface area contributed by atoms with Crippen molar-refractivity contribution < 1.29 is 28.7 Å². The maximum atomic E-state index is 12.3. The Kier molecular flexibility index (Phi) is 19.8. The summed E-state index contributed by atoms with van der Waals surface area (Å²) in [6.07, 6.45) is 16.9. The quantitative estimate of drug-likeness (QED) is 0.0668. The Hall–Kier alpha value is -3.68. The maximum Gasteiger partial charge on any atom is 0.317 e. The zero-order valence-corrected chi connectivity index (χ0v) is 29.3. The lowest BCUT2D eigenvalue weighted by atomic mass is 10.0. The van der Waals surface area contributed by atoms with Crippen LogP contribution in [0.25, 0.3) is 0 Å². The molecule has 8 heteroatoms. The molecule has 0 aromatic heterocycles. The minimum absolute atomic E-state index is 0.0840. The van der Waals surface area contributed by atoms with Crippen molar-refractivity contribution in [3.63, 3.8) is 0 Å². The van der Waals surface area contributed by atoms with Crippen molar-refractivity contribution in [1.82, 2.24) is 0 Å². The molecular weight excluding hydrogens is 592 g/mol. The average Bonchev–Trinajstić information content (AvgIpc) is 3.02. The highest BCUT2D eigenvalue weighted by Gasteiger charge is 2.14. The van der Waals surface area contributed by atoms with Crippen LogP contribution in [0.5, 0.6) is 0 Å². The number of nitrogens with one attached hydrogen (secondary N) is 2. The predicted molar refractivity (Wildman–Crippen MR) is 190 cm³/mol. The van der Waals surface area contributed by atoms with Gasteiger partial charge in [0, 0.05) is 38.1 Å². The molecule has 2 rings (SSSR count). The number of rotatable bonds is 24. The molecule has 8 nitrogen and oxygen atoms in total. The largest absolute Gasteiger partial charge is 0.465 e. The first-order valence-electron chi connectivity index (χ1n) is 17.8. The van der Waals surface area contributed by atoms with Crippen molar-refractivity contribution >= 4 is 35.1 Å². The molecule has 260 valence electrons. The number of benzene rings is 2. The summed E-state index contributed by atoms with van der Waals surface area (Å²) < 4.78 is 10.6. The van der Waals surface area contributed by atoms with E-state index in [1.54, 1.807) is 0 Å². The molecule has 2 aromatic rings. The highest BCUT2D eigenvalue weighted by atomic mass is 16.6. The number of hydrogen-bond donors (Lipinski definition) is 2. The number of unbranched alkanes of at least 4 members (excludes halogenated alkanes) is 10. The summed E-state index contributed by atoms with van der Waals surface area (Å²) >= 11 is 0. The van der Waals surface area contributed by atoms with E-state index in [2.05, 4.69) is 36.6 Å². The maximum absolute atomic E-state index is 12.3. The van der Waals surface area contributed by atoms with E-state index in [9.17, 15) is 19.2 Å². The van der Waals surface area contributed by atoms with Gasteiger partial charge in [0.2, 0.25) is 11.8 Å². The van der Waals surface area contributed by atoms with Crippen molar-refractivity contribution in [2.24, 2.45) is 0 Å². The van der Waals surface area contributed by atoms with Gasteiger partial charge < -0.3 is 20.1 Å². The van der Waals surface area contributed by atoms with Crippen molar-refractivity contribution in [3.8, 4) is 0 Å². The van der Waals surface area contributed by atoms with Gasteiger partial charge in [-0.1, -0.05) is 102 Å². The standard InChI is InChI=1S/C39H58N2O6/c1-5-7-9-11-13-15-17-32-19-21-34(36(27-32)40-30(3)42)23-25-46-38(44)29-39(45)47-26-24-35-22-20-33(28-37(35)41-31(4)43)18-16-14-12-10-8-6-2/h19-22,27-28H,5-18,23-26,29H2,1-4H3,(H,40,42)(H,41,43). The Morgan fingerprint density at radius 1 is 0.532 bits per heavy atom. The smallest absolute Gasteiger partial charge is 0.317 e. The Bertz CT molecular complexity index is 1160. The van der Waals surface area contributed by atoms with Crippen LogP contribution in [0.3, 0.4) is 0 Å². The second kappa shape index (κ2) is 23.6. The van der Waals surface area contributed by atoms with Crippen LogP contribution in [0.2, 0.25) is 0 Å². The molecule has 2 amide bonds. The fourth-order valence-electron chi connectivity index (χ4n) is 5.59. The first kappa shape index (κ1) is 39.5. The lowest BCUT2D eigenvalue weighted by molar-refractivity contribution is -0.154. The van der Waals surface area contributed by atoms with Gasteiger partial charge in [-0.05, 0) is 60.1 Å². The third kappa shape index (κ3) is 17.7. The minimum Gasteiger partial charge on any atom is -0.465 e. The first-order valence-corrected chi connectivity index (χ1v) is 17.8. The normalized spacial score (nSPS) is 10.8. The lowest BCUT2D eigenvalue weighted by Crippen LogP contribution is -2.17. The molecule has 0 saturated heterocycles. The predicted octanol–water partition coefficient (Wildman–Crippen LogP) is 8.67. The van der Waals surface area contributed by atoms with E-state index in [1.807, 2.05) is 24.3 Å². The number of carbonyl (C=O) groups excluding carboxylic acids is 4. The van der Waals surface area contributed by atoms with E-state index in [4.69, 9.17) is 9.47 Å². The van der Waals surface area contributed by atoms with Crippen LogP contribution < -0.4 is 10.6 Å². The topological polar surface area (TPSA) is 111 Å². The molecule has 0 aliphatic carbocycles. The second-order valence-electron chi connectivity index (χ2n) is 12.5. The molecule has 0 bridgehead atoms. The Morgan fingerprint density at radius 3 is 1.30 bits per heavy atom. The van der Waals surface area contributed by atoms with Crippen molar-refractivity contribution in [3.05, 3.63) is 58.7 Å². The van der Waals surface area contributed by atoms with Crippen LogP contribution in [0, 0.1) is 0 Å². The minimum atomic E-state index is -0.659. The summed E-state index contributed by atoms with van der Waals surface area (Å²) in [4.78, 5) is 48.3. The zero-order valence-electron chi connectivity index (χ0n) is 29.3. The van der Waals surface area contributed by atoms with Crippen molar-refractivity contribution in [2.75, 3.05) is 23.8 Å². The average molecular weight is 651 g/mol. The Labute approximate surface area is 282 Å². The monoisotopic (exact) mass is 650 g/mol. The van der Waals surface area contributed by atoms with E-state index in [1.165, 1.54) is 89.2 Å². The zero-order chi connectivity index (χ0) is 34.3. The van der Waals surface area contributed by atoms with Gasteiger partial charge in [-0.3, -0.25) is 19.2 Å². The number of hydrogen-bond acceptors (Lipinski definition) is 6. The Balaban J connectivity index is 1.78. The molecule has 0 unspecified atom stereocenters. The summed E-state index contributed by atoms with van der Waals surface area (Å²) in [7, 11) is 0. The molecule has 2 aromatic carbocycles. The fraction of sp³-hybridized carbons (Fsp3) is 0.590. The van der Waals surface area contributed by atoms with Gasteiger partial charge in [0.15, 0.2) is 0 Å². The highest BCUT2D eigenvalue weighted by Crippen LogP contribution is 2.22. The molecule has 0 fully saturated rings. The molecule has 0 heterocycles. The highest BCUT2D eigenvalue weighted by molar-refractivity contribution is 5.91. The van der Waals surface area contributed by atoms with Crippen LogP contribution in [0.4, 0.5) is 11.4 Å². The molecule has 0 aliphatic heterocycles. The SMILES string of the molecule is CCCCCCCCc1ccc(CCOC(=O)CC(=O)OCCc2ccc(CCCCCCCC)cc2NC(C)=O)c(NC(C)=O)c1. The van der Waals surface area contributed by atoms with Gasteiger partial charge in [0.25, 0.3) is 0 Å². The van der Waals surface area contributed by atoms with Gasteiger partial charge in [-0.25, -0.2) is 0 Å². The number of anilines is 2. The van der Waals surface area contributed by atoms with Gasteiger partial charge in [0.1, 0.15) is 6.42 Å². The number of esters is 2. The molecule has 0 aliphatic rings. The third-order valence-electron chi connectivity index (χ3n) is 8.17. The fourth-order valence-corrected chi connectivity index (χ4v) is 5.59. The molecule has 0 radical (unpaired) electrons. The van der Waals surface area contributed by atoms with E-state index in [-0.39, 0.29) is 25.0 Å². The van der Waals surface area contributed by atoms with Crippen molar-refractivity contribution in [1.29, 1.82) is 0 Å². The molecule has 0 atom stereocenters. The Morgan fingerprint density at radius 2 is 0.915 bits per heavy atom.